The normalized spacial score (nSPS) is 22.5. The fourth-order valence-electron chi connectivity index (χ4n) is 8.56. The summed E-state index contributed by atoms with van der Waals surface area (Å²) in [5.41, 5.74) is 19.9. The topological polar surface area (TPSA) is 206 Å². The number of benzene rings is 2. The predicted octanol–water partition coefficient (Wildman–Crippen LogP) is 1.62. The fraction of sp³-hybridized carbons (Fsp3) is 0.595. The van der Waals surface area contributed by atoms with Gasteiger partial charge in [0.1, 0.15) is 18.1 Å². The number of nitrogens with zero attached hydrogens (tertiary/aromatic N) is 2. The molecular formula is C42H62N8O5. The molecule has 3 saturated heterocycles. The summed E-state index contributed by atoms with van der Waals surface area (Å²) in [6.45, 7) is 8.33. The number of rotatable bonds is 17. The average molecular weight is 759 g/mol. The maximum Gasteiger partial charge on any atom is 0.245 e. The molecule has 0 aliphatic carbocycles. The number of hydrogen-bond acceptors (Lipinski definition) is 8. The zero-order valence-electron chi connectivity index (χ0n) is 32.8. The quantitative estimate of drug-likeness (QED) is 0.131. The Morgan fingerprint density at radius 3 is 2.04 bits per heavy atom. The van der Waals surface area contributed by atoms with Gasteiger partial charge in [-0.1, -0.05) is 81.4 Å². The predicted molar refractivity (Wildman–Crippen MR) is 212 cm³/mol. The number of fused-ring (bicyclic) bond motifs is 1. The molecule has 5 rings (SSSR count). The number of likely N-dealkylation sites (tertiary alicyclic amines) is 1. The maximum absolute atomic E-state index is 14.1. The van der Waals surface area contributed by atoms with Crippen LogP contribution in [-0.4, -0.2) is 102 Å². The third-order valence-corrected chi connectivity index (χ3v) is 11.6. The van der Waals surface area contributed by atoms with Gasteiger partial charge < -0.3 is 43.0 Å². The Kier molecular flexibility index (Phi) is 14.5. The van der Waals surface area contributed by atoms with Gasteiger partial charge >= 0.3 is 0 Å². The number of nitrogens with two attached hydrogens (primary N) is 3. The van der Waals surface area contributed by atoms with Crippen LogP contribution in [0.4, 0.5) is 0 Å². The highest BCUT2D eigenvalue weighted by molar-refractivity contribution is 5.95. The second-order valence-electron chi connectivity index (χ2n) is 16.7. The molecule has 0 radical (unpaired) electrons. The molecule has 0 bridgehead atoms. The van der Waals surface area contributed by atoms with Gasteiger partial charge in [-0.3, -0.25) is 24.0 Å². The van der Waals surface area contributed by atoms with Gasteiger partial charge in [0.15, 0.2) is 0 Å². The first-order chi connectivity index (χ1) is 26.3. The van der Waals surface area contributed by atoms with Gasteiger partial charge in [0.2, 0.25) is 29.5 Å². The first kappa shape index (κ1) is 41.8. The largest absolute Gasteiger partial charge is 0.343 e. The minimum atomic E-state index is -0.997. The van der Waals surface area contributed by atoms with Crippen molar-refractivity contribution in [2.24, 2.45) is 34.5 Å². The second kappa shape index (κ2) is 19.0. The van der Waals surface area contributed by atoms with E-state index in [4.69, 9.17) is 17.2 Å². The van der Waals surface area contributed by atoms with Crippen molar-refractivity contribution in [2.45, 2.75) is 115 Å². The highest BCUT2D eigenvalue weighted by atomic mass is 16.2. The van der Waals surface area contributed by atoms with Crippen molar-refractivity contribution in [2.75, 3.05) is 26.2 Å². The van der Waals surface area contributed by atoms with Crippen LogP contribution in [0.15, 0.2) is 60.7 Å². The molecule has 5 amide bonds. The van der Waals surface area contributed by atoms with Crippen LogP contribution in [0, 0.1) is 17.3 Å². The summed E-state index contributed by atoms with van der Waals surface area (Å²) in [6.07, 6.45) is 4.91. The SMILES string of the molecule is CC(C)C[C@@H](NC(=O)[C@@H](Cc1ccccc1)NC(=O)[C@H](N)Cc1ccccc1)C(=O)N[C@H](CCCCN)C(=O)N1CC2(CCN3C(=O)[C@H](N)CC(C)C3C2)C1. The standard InChI is InChI=1S/C42H62N8O5/c1-27(2)20-34(48-39(53)35(23-30-14-8-5-9-15-30)47-37(51)31(44)22-29-12-6-4-7-13-29)38(52)46-33(16-10-11-18-43)41(55)49-25-42(26-49)17-19-50-36(24-42)28(3)21-32(45)40(50)54/h4-9,12-15,27-28,31-36H,10-11,16-26,43-45H2,1-3H3,(H,46,52)(H,47,51)(H,48,53)/t28?,31-,32-,33-,34-,35-,36?/m1/s1. The highest BCUT2D eigenvalue weighted by Gasteiger charge is 2.53. The zero-order valence-corrected chi connectivity index (χ0v) is 32.8. The molecule has 55 heavy (non-hydrogen) atoms. The number of carbonyl (C=O) groups is 5. The van der Waals surface area contributed by atoms with Crippen LogP contribution in [0.5, 0.6) is 0 Å². The molecule has 13 nitrogen and oxygen atoms in total. The van der Waals surface area contributed by atoms with E-state index in [-0.39, 0.29) is 41.5 Å². The lowest BCUT2D eigenvalue weighted by molar-refractivity contribution is -0.161. The summed E-state index contributed by atoms with van der Waals surface area (Å²) in [5, 5.41) is 8.78. The van der Waals surface area contributed by atoms with Gasteiger partial charge in [0.05, 0.1) is 12.1 Å². The Labute approximate surface area is 325 Å². The van der Waals surface area contributed by atoms with Crippen LogP contribution < -0.4 is 33.2 Å². The Morgan fingerprint density at radius 1 is 0.836 bits per heavy atom. The van der Waals surface area contributed by atoms with Crippen LogP contribution in [-0.2, 0) is 36.8 Å². The summed E-state index contributed by atoms with van der Waals surface area (Å²) >= 11 is 0. The molecule has 2 aromatic carbocycles. The van der Waals surface area contributed by atoms with Crippen LogP contribution in [0.2, 0.25) is 0 Å². The van der Waals surface area contributed by atoms with Crippen molar-refractivity contribution < 1.29 is 24.0 Å². The van der Waals surface area contributed by atoms with Crippen LogP contribution in [0.3, 0.4) is 0 Å². The van der Waals surface area contributed by atoms with Gasteiger partial charge in [-0.25, -0.2) is 0 Å². The van der Waals surface area contributed by atoms with Crippen molar-refractivity contribution >= 4 is 29.5 Å². The minimum absolute atomic E-state index is 0.0244. The van der Waals surface area contributed by atoms with Gasteiger partial charge in [-0.2, -0.15) is 0 Å². The molecular weight excluding hydrogens is 697 g/mol. The summed E-state index contributed by atoms with van der Waals surface area (Å²) in [7, 11) is 0. The average Bonchev–Trinajstić information content (AvgIpc) is 3.15. The Morgan fingerprint density at radius 2 is 1.42 bits per heavy atom. The van der Waals surface area contributed by atoms with Crippen molar-refractivity contribution in [1.29, 1.82) is 0 Å². The van der Waals surface area contributed by atoms with E-state index in [9.17, 15) is 24.0 Å². The van der Waals surface area contributed by atoms with Crippen molar-refractivity contribution in [3.63, 3.8) is 0 Å². The number of nitrogens with one attached hydrogen (secondary N) is 3. The Hall–Kier alpha value is -4.33. The zero-order chi connectivity index (χ0) is 39.7. The third kappa shape index (κ3) is 10.9. The number of amides is 5. The lowest BCUT2D eigenvalue weighted by Crippen LogP contribution is -2.69. The molecule has 3 aliphatic heterocycles. The number of unbranched alkanes of at least 4 members (excludes halogenated alkanes) is 1. The molecule has 2 unspecified atom stereocenters. The Balaban J connectivity index is 1.25. The first-order valence-corrected chi connectivity index (χ1v) is 20.1. The Bertz CT molecular complexity index is 1620. The highest BCUT2D eigenvalue weighted by Crippen LogP contribution is 2.46. The van der Waals surface area contributed by atoms with E-state index >= 15 is 0 Å². The fourth-order valence-corrected chi connectivity index (χ4v) is 8.56. The molecule has 300 valence electrons. The van der Waals surface area contributed by atoms with Crippen molar-refractivity contribution in [3.8, 4) is 0 Å². The lowest BCUT2D eigenvalue weighted by atomic mass is 9.66. The molecule has 0 aromatic heterocycles. The molecule has 7 atom stereocenters. The van der Waals surface area contributed by atoms with Crippen molar-refractivity contribution in [3.05, 3.63) is 71.8 Å². The first-order valence-electron chi connectivity index (χ1n) is 20.1. The molecule has 3 fully saturated rings. The van der Waals surface area contributed by atoms with Crippen LogP contribution >= 0.6 is 0 Å². The minimum Gasteiger partial charge on any atom is -0.343 e. The molecule has 13 heteroatoms. The van der Waals surface area contributed by atoms with Gasteiger partial charge in [-0.05, 0) is 80.9 Å². The van der Waals surface area contributed by atoms with E-state index in [0.717, 1.165) is 24.0 Å². The van der Waals surface area contributed by atoms with Crippen LogP contribution in [0.25, 0.3) is 0 Å². The molecule has 9 N–H and O–H groups in total. The monoisotopic (exact) mass is 758 g/mol. The molecule has 2 aromatic rings. The maximum atomic E-state index is 14.1. The van der Waals surface area contributed by atoms with Gasteiger partial charge in [-0.15, -0.1) is 0 Å². The van der Waals surface area contributed by atoms with E-state index in [1.165, 1.54) is 0 Å². The van der Waals surface area contributed by atoms with Crippen molar-refractivity contribution in [1.82, 2.24) is 25.8 Å². The number of carbonyl (C=O) groups excluding carboxylic acids is 5. The molecule has 3 aliphatic rings. The number of hydrogen-bond donors (Lipinski definition) is 6. The smallest absolute Gasteiger partial charge is 0.245 e. The van der Waals surface area contributed by atoms with Gasteiger partial charge in [0.25, 0.3) is 0 Å². The molecule has 3 heterocycles. The summed E-state index contributed by atoms with van der Waals surface area (Å²) < 4.78 is 0. The molecule has 0 saturated carbocycles. The second-order valence-corrected chi connectivity index (χ2v) is 16.7. The van der Waals surface area contributed by atoms with E-state index in [2.05, 4.69) is 22.9 Å². The summed E-state index contributed by atoms with van der Waals surface area (Å²) in [5.74, 6) is -1.23. The summed E-state index contributed by atoms with van der Waals surface area (Å²) in [4.78, 5) is 72.1. The molecule has 1 spiro atoms. The van der Waals surface area contributed by atoms with E-state index in [1.807, 2.05) is 84.3 Å². The third-order valence-electron chi connectivity index (χ3n) is 11.6. The van der Waals surface area contributed by atoms with E-state index in [0.29, 0.717) is 64.7 Å². The van der Waals surface area contributed by atoms with E-state index in [1.54, 1.807) is 0 Å². The van der Waals surface area contributed by atoms with Crippen LogP contribution in [0.1, 0.15) is 76.8 Å². The number of piperidine rings is 2. The van der Waals surface area contributed by atoms with E-state index < -0.39 is 47.9 Å². The van der Waals surface area contributed by atoms with Gasteiger partial charge in [0, 0.05) is 37.5 Å². The lowest BCUT2D eigenvalue weighted by Gasteiger charge is -2.59. The summed E-state index contributed by atoms with van der Waals surface area (Å²) in [6, 6.07) is 14.8.